The van der Waals surface area contributed by atoms with E-state index in [2.05, 4.69) is 26.8 Å². The molecule has 1 heterocycles. The number of carbonyl (C=O) groups is 2. The number of thiophene rings is 1. The molecule has 0 aliphatic heterocycles. The van der Waals surface area contributed by atoms with Crippen LogP contribution in [-0.2, 0) is 4.79 Å². The fourth-order valence-electron chi connectivity index (χ4n) is 1.62. The van der Waals surface area contributed by atoms with Crippen LogP contribution in [0.15, 0.2) is 40.2 Å². The van der Waals surface area contributed by atoms with Crippen molar-refractivity contribution in [1.29, 1.82) is 0 Å². The summed E-state index contributed by atoms with van der Waals surface area (Å²) in [5.74, 6) is -1.35. The molecule has 0 saturated heterocycles. The van der Waals surface area contributed by atoms with E-state index in [0.29, 0.717) is 10.4 Å². The van der Waals surface area contributed by atoms with Crippen molar-refractivity contribution in [3.63, 3.8) is 0 Å². The lowest BCUT2D eigenvalue weighted by Crippen LogP contribution is -2.40. The highest BCUT2D eigenvalue weighted by molar-refractivity contribution is 9.11. The predicted molar refractivity (Wildman–Crippen MR) is 89.6 cm³/mol. The maximum absolute atomic E-state index is 13.5. The summed E-state index contributed by atoms with van der Waals surface area (Å²) in [5, 5.41) is 0. The van der Waals surface area contributed by atoms with Gasteiger partial charge < -0.3 is 4.74 Å². The third-order valence-electron chi connectivity index (χ3n) is 2.70. The second-order valence-electron chi connectivity index (χ2n) is 4.27. The smallest absolute Gasteiger partial charge is 0.279 e. The van der Waals surface area contributed by atoms with Crippen LogP contribution in [0, 0.1) is 5.82 Å². The number of amides is 2. The van der Waals surface area contributed by atoms with Crippen molar-refractivity contribution in [3.05, 3.63) is 56.5 Å². The van der Waals surface area contributed by atoms with Gasteiger partial charge in [-0.2, -0.15) is 0 Å². The second-order valence-corrected chi connectivity index (χ2v) is 6.74. The van der Waals surface area contributed by atoms with Gasteiger partial charge in [-0.1, -0.05) is 6.07 Å². The Morgan fingerprint density at radius 3 is 2.65 bits per heavy atom. The van der Waals surface area contributed by atoms with Crippen LogP contribution in [0.2, 0.25) is 0 Å². The molecule has 0 bridgehead atoms. The van der Waals surface area contributed by atoms with Crippen molar-refractivity contribution in [2.75, 3.05) is 7.11 Å². The summed E-state index contributed by atoms with van der Waals surface area (Å²) >= 11 is 4.49. The molecule has 0 spiro atoms. The molecule has 0 unspecified atom stereocenters. The van der Waals surface area contributed by atoms with Gasteiger partial charge in [0.25, 0.3) is 11.8 Å². The molecule has 120 valence electrons. The number of benzene rings is 1. The molecule has 23 heavy (non-hydrogen) atoms. The van der Waals surface area contributed by atoms with Gasteiger partial charge in [-0.3, -0.25) is 20.4 Å². The molecule has 0 aliphatic carbocycles. The first-order chi connectivity index (χ1) is 11.0. The van der Waals surface area contributed by atoms with Crippen molar-refractivity contribution in [2.45, 2.75) is 0 Å². The Labute approximate surface area is 144 Å². The molecule has 0 radical (unpaired) electrons. The maximum atomic E-state index is 13.5. The van der Waals surface area contributed by atoms with Crippen LogP contribution in [0.4, 0.5) is 4.39 Å². The minimum absolute atomic E-state index is 0.126. The number of nitrogens with one attached hydrogen (secondary N) is 2. The zero-order valence-corrected chi connectivity index (χ0v) is 14.3. The zero-order valence-electron chi connectivity index (χ0n) is 11.9. The van der Waals surface area contributed by atoms with E-state index in [0.717, 1.165) is 3.79 Å². The molecule has 0 fully saturated rings. The van der Waals surface area contributed by atoms with Gasteiger partial charge in [-0.15, -0.1) is 11.3 Å². The highest BCUT2D eigenvalue weighted by Gasteiger charge is 2.08. The van der Waals surface area contributed by atoms with E-state index < -0.39 is 17.6 Å². The lowest BCUT2D eigenvalue weighted by atomic mass is 10.2. The minimum atomic E-state index is -0.537. The number of methoxy groups -OCH3 is 1. The zero-order chi connectivity index (χ0) is 16.8. The van der Waals surface area contributed by atoms with E-state index in [1.54, 1.807) is 18.2 Å². The maximum Gasteiger partial charge on any atom is 0.279 e. The van der Waals surface area contributed by atoms with Crippen molar-refractivity contribution >= 4 is 45.2 Å². The van der Waals surface area contributed by atoms with E-state index in [1.165, 1.54) is 42.7 Å². The fraction of sp³-hybridized carbons (Fsp3) is 0.0667. The summed E-state index contributed by atoms with van der Waals surface area (Å²) in [6, 6.07) is 7.67. The van der Waals surface area contributed by atoms with E-state index in [9.17, 15) is 14.0 Å². The third-order valence-corrected chi connectivity index (χ3v) is 4.32. The van der Waals surface area contributed by atoms with Gasteiger partial charge in [-0.25, -0.2) is 4.39 Å². The monoisotopic (exact) mass is 398 g/mol. The van der Waals surface area contributed by atoms with Crippen LogP contribution in [0.1, 0.15) is 15.2 Å². The first-order valence-electron chi connectivity index (χ1n) is 6.37. The molecule has 5 nitrogen and oxygen atoms in total. The highest BCUT2D eigenvalue weighted by Crippen LogP contribution is 2.21. The summed E-state index contributed by atoms with van der Waals surface area (Å²) in [6.07, 6.45) is 2.61. The van der Waals surface area contributed by atoms with Gasteiger partial charge in [0, 0.05) is 6.08 Å². The number of hydrazine groups is 1. The molecule has 1 aromatic heterocycles. The number of ether oxygens (including phenoxy) is 1. The van der Waals surface area contributed by atoms with E-state index >= 15 is 0 Å². The molecular weight excluding hydrogens is 387 g/mol. The van der Waals surface area contributed by atoms with Gasteiger partial charge in [0.2, 0.25) is 0 Å². The lowest BCUT2D eigenvalue weighted by Gasteiger charge is -2.04. The summed E-state index contributed by atoms with van der Waals surface area (Å²) < 4.78 is 19.1. The van der Waals surface area contributed by atoms with Gasteiger partial charge in [0.1, 0.15) is 0 Å². The van der Waals surface area contributed by atoms with Gasteiger partial charge in [0.05, 0.1) is 15.8 Å². The van der Waals surface area contributed by atoms with Crippen molar-refractivity contribution in [3.8, 4) is 5.75 Å². The molecule has 0 aliphatic rings. The first kappa shape index (κ1) is 17.2. The van der Waals surface area contributed by atoms with Crippen molar-refractivity contribution < 1.29 is 18.7 Å². The Morgan fingerprint density at radius 1 is 1.26 bits per heavy atom. The standard InChI is InChI=1S/C15H12BrFN2O3S/c1-22-11-4-2-9(8-10(11)17)3-7-14(20)18-19-15(21)12-5-6-13(16)23-12/h2-8H,1H3,(H,18,20)(H,19,21)/b7-3+. The van der Waals surface area contributed by atoms with E-state index in [-0.39, 0.29) is 5.75 Å². The number of hydrogen-bond acceptors (Lipinski definition) is 4. The second kappa shape index (κ2) is 7.89. The Balaban J connectivity index is 1.89. The van der Waals surface area contributed by atoms with Gasteiger partial charge >= 0.3 is 0 Å². The molecular formula is C15H12BrFN2O3S. The summed E-state index contributed by atoms with van der Waals surface area (Å²) in [4.78, 5) is 23.8. The topological polar surface area (TPSA) is 67.4 Å². The van der Waals surface area contributed by atoms with E-state index in [1.807, 2.05) is 0 Å². The molecule has 2 aromatic rings. The number of halogens is 2. The third kappa shape index (κ3) is 4.90. The van der Waals surface area contributed by atoms with Crippen LogP contribution in [0.25, 0.3) is 6.08 Å². The molecule has 0 saturated carbocycles. The number of hydrogen-bond donors (Lipinski definition) is 2. The van der Waals surface area contributed by atoms with Crippen LogP contribution < -0.4 is 15.6 Å². The molecule has 2 amide bonds. The van der Waals surface area contributed by atoms with Crippen LogP contribution in [0.3, 0.4) is 0 Å². The normalized spacial score (nSPS) is 10.6. The van der Waals surface area contributed by atoms with Crippen LogP contribution in [-0.4, -0.2) is 18.9 Å². The largest absolute Gasteiger partial charge is 0.494 e. The molecule has 8 heteroatoms. The van der Waals surface area contributed by atoms with E-state index in [4.69, 9.17) is 4.74 Å². The highest BCUT2D eigenvalue weighted by atomic mass is 79.9. The Morgan fingerprint density at radius 2 is 2.04 bits per heavy atom. The lowest BCUT2D eigenvalue weighted by molar-refractivity contribution is -0.117. The Hall–Kier alpha value is -2.19. The minimum Gasteiger partial charge on any atom is -0.494 e. The summed E-state index contributed by atoms with van der Waals surface area (Å²) in [5.41, 5.74) is 5.02. The summed E-state index contributed by atoms with van der Waals surface area (Å²) in [7, 11) is 1.37. The van der Waals surface area contributed by atoms with Crippen molar-refractivity contribution in [1.82, 2.24) is 10.9 Å². The van der Waals surface area contributed by atoms with Crippen LogP contribution in [0.5, 0.6) is 5.75 Å². The molecule has 0 atom stereocenters. The van der Waals surface area contributed by atoms with Crippen LogP contribution >= 0.6 is 27.3 Å². The number of rotatable bonds is 4. The number of carbonyl (C=O) groups excluding carboxylic acids is 2. The van der Waals surface area contributed by atoms with Crippen molar-refractivity contribution in [2.24, 2.45) is 0 Å². The quantitative estimate of drug-likeness (QED) is 0.613. The summed E-state index contributed by atoms with van der Waals surface area (Å²) in [6.45, 7) is 0. The Kier molecular flexibility index (Phi) is 5.89. The average molecular weight is 399 g/mol. The average Bonchev–Trinajstić information content (AvgIpc) is 2.97. The Bertz CT molecular complexity index is 761. The SMILES string of the molecule is COc1ccc(/C=C/C(=O)NNC(=O)c2ccc(Br)s2)cc1F. The van der Waals surface area contributed by atoms with Gasteiger partial charge in [-0.05, 0) is 51.8 Å². The first-order valence-corrected chi connectivity index (χ1v) is 7.98. The predicted octanol–water partition coefficient (Wildman–Crippen LogP) is 3.13. The van der Waals surface area contributed by atoms with Gasteiger partial charge in [0.15, 0.2) is 11.6 Å². The molecule has 2 rings (SSSR count). The molecule has 1 aromatic carbocycles. The molecule has 2 N–H and O–H groups in total. The fourth-order valence-corrected chi connectivity index (χ4v) is 2.90.